The minimum Gasteiger partial charge on any atom is -0.310 e. The maximum atomic E-state index is 2.38. The molecule has 0 fully saturated rings. The zero-order chi connectivity index (χ0) is 29.7. The quantitative estimate of drug-likeness (QED) is 0.199. The first-order chi connectivity index (χ1) is 22.3. The van der Waals surface area contributed by atoms with Gasteiger partial charge in [-0.25, -0.2) is 0 Å². The summed E-state index contributed by atoms with van der Waals surface area (Å²) in [6.07, 6.45) is 0. The lowest BCUT2D eigenvalue weighted by molar-refractivity contribution is 1.17. The lowest BCUT2D eigenvalue weighted by Gasteiger charge is -2.26. The third-order valence-electron chi connectivity index (χ3n) is 8.89. The summed E-state index contributed by atoms with van der Waals surface area (Å²) < 4.78 is 4.74. The first-order valence-corrected chi connectivity index (χ1v) is 15.4. The smallest absolute Gasteiger partial charge is 0.0561 e. The molecule has 0 amide bonds. The molecule has 0 aliphatic rings. The molecule has 7 aromatic carbocycles. The highest BCUT2D eigenvalue weighted by Gasteiger charge is 2.18. The summed E-state index contributed by atoms with van der Waals surface area (Å²) in [5, 5.41) is 5.04. The second-order valence-corrected chi connectivity index (χ2v) is 11.4. The summed E-state index contributed by atoms with van der Waals surface area (Å²) in [5.41, 5.74) is 10.4. The number of benzene rings is 7. The fraction of sp³-hybridized carbons (Fsp3) is 0. The Bertz CT molecular complexity index is 2420. The Morgan fingerprint density at radius 2 is 0.689 bits per heavy atom. The van der Waals surface area contributed by atoms with Crippen molar-refractivity contribution in [3.63, 3.8) is 0 Å². The zero-order valence-electron chi connectivity index (χ0n) is 24.6. The third-order valence-corrected chi connectivity index (χ3v) is 8.89. The van der Waals surface area contributed by atoms with Crippen LogP contribution in [0.15, 0.2) is 176 Å². The molecule has 0 saturated carbocycles. The van der Waals surface area contributed by atoms with Crippen LogP contribution in [0.3, 0.4) is 0 Å². The molecule has 9 aromatic rings. The van der Waals surface area contributed by atoms with E-state index in [0.29, 0.717) is 0 Å². The molecular weight excluding hydrogens is 546 g/mol. The van der Waals surface area contributed by atoms with E-state index < -0.39 is 0 Å². The van der Waals surface area contributed by atoms with Crippen molar-refractivity contribution in [2.45, 2.75) is 0 Å². The standard InChI is InChI=1S/C42H29N3/c1-3-13-30(14-4-1)43(32-23-25-33(26-24-32)44-39-20-10-7-17-35(39)36-18-8-11-21-40(36)44)34-27-28-38-37-19-9-12-22-41(37)45(42(38)29-34)31-15-5-2-6-16-31/h1-29H. The highest BCUT2D eigenvalue weighted by Crippen LogP contribution is 2.40. The highest BCUT2D eigenvalue weighted by atomic mass is 15.1. The van der Waals surface area contributed by atoms with Crippen LogP contribution in [0, 0.1) is 0 Å². The molecule has 0 spiro atoms. The summed E-state index contributed by atoms with van der Waals surface area (Å²) in [4.78, 5) is 2.35. The summed E-state index contributed by atoms with van der Waals surface area (Å²) in [6, 6.07) is 63.1. The molecule has 0 atom stereocenters. The minimum absolute atomic E-state index is 1.10. The van der Waals surface area contributed by atoms with Gasteiger partial charge in [0.15, 0.2) is 0 Å². The molecule has 45 heavy (non-hydrogen) atoms. The van der Waals surface area contributed by atoms with Crippen molar-refractivity contribution in [3.05, 3.63) is 176 Å². The fourth-order valence-corrected chi connectivity index (χ4v) is 6.93. The van der Waals surface area contributed by atoms with E-state index in [4.69, 9.17) is 0 Å². The molecule has 0 unspecified atom stereocenters. The largest absolute Gasteiger partial charge is 0.310 e. The lowest BCUT2D eigenvalue weighted by Crippen LogP contribution is -2.10. The van der Waals surface area contributed by atoms with E-state index >= 15 is 0 Å². The molecule has 0 radical (unpaired) electrons. The van der Waals surface area contributed by atoms with Gasteiger partial charge < -0.3 is 14.0 Å². The number of para-hydroxylation sites is 5. The topological polar surface area (TPSA) is 13.1 Å². The predicted molar refractivity (Wildman–Crippen MR) is 190 cm³/mol. The third kappa shape index (κ3) is 4.05. The number of anilines is 3. The van der Waals surface area contributed by atoms with Crippen LogP contribution in [-0.4, -0.2) is 9.13 Å². The Morgan fingerprint density at radius 1 is 0.289 bits per heavy atom. The molecular formula is C42H29N3. The highest BCUT2D eigenvalue weighted by molar-refractivity contribution is 6.11. The molecule has 0 aliphatic carbocycles. The predicted octanol–water partition coefficient (Wildman–Crippen LogP) is 11.4. The van der Waals surface area contributed by atoms with Crippen LogP contribution in [0.1, 0.15) is 0 Å². The number of fused-ring (bicyclic) bond motifs is 6. The molecule has 2 aromatic heterocycles. The molecule has 0 bridgehead atoms. The van der Waals surface area contributed by atoms with Crippen LogP contribution in [0.25, 0.3) is 55.0 Å². The van der Waals surface area contributed by atoms with E-state index in [-0.39, 0.29) is 0 Å². The Labute approximate surface area is 261 Å². The van der Waals surface area contributed by atoms with Crippen molar-refractivity contribution in [2.24, 2.45) is 0 Å². The van der Waals surface area contributed by atoms with Gasteiger partial charge in [-0.3, -0.25) is 0 Å². The van der Waals surface area contributed by atoms with Crippen LogP contribution >= 0.6 is 0 Å². The number of hydrogen-bond donors (Lipinski definition) is 0. The van der Waals surface area contributed by atoms with Crippen LogP contribution in [0.4, 0.5) is 17.1 Å². The molecule has 0 aliphatic heterocycles. The Hall–Kier alpha value is -6.06. The van der Waals surface area contributed by atoms with Gasteiger partial charge in [-0.2, -0.15) is 0 Å². The SMILES string of the molecule is c1ccc(N(c2ccc(-n3c4ccccc4c4ccccc43)cc2)c2ccc3c4ccccc4n(-c4ccccc4)c3c2)cc1. The zero-order valence-corrected chi connectivity index (χ0v) is 24.6. The number of rotatable bonds is 5. The van der Waals surface area contributed by atoms with Crippen LogP contribution in [-0.2, 0) is 0 Å². The van der Waals surface area contributed by atoms with E-state index in [1.807, 2.05) is 0 Å². The number of aromatic nitrogens is 2. The van der Waals surface area contributed by atoms with Crippen molar-refractivity contribution >= 4 is 60.7 Å². The molecule has 2 heterocycles. The average molecular weight is 576 g/mol. The maximum Gasteiger partial charge on any atom is 0.0561 e. The first-order valence-electron chi connectivity index (χ1n) is 15.4. The Kier molecular flexibility index (Phi) is 5.82. The van der Waals surface area contributed by atoms with Gasteiger partial charge in [0.25, 0.3) is 0 Å². The molecule has 9 rings (SSSR count). The van der Waals surface area contributed by atoms with Crippen LogP contribution in [0.2, 0.25) is 0 Å². The van der Waals surface area contributed by atoms with Crippen LogP contribution in [0.5, 0.6) is 0 Å². The van der Waals surface area contributed by atoms with Gasteiger partial charge in [-0.15, -0.1) is 0 Å². The summed E-state index contributed by atoms with van der Waals surface area (Å²) in [5.74, 6) is 0. The van der Waals surface area contributed by atoms with E-state index in [2.05, 4.69) is 190 Å². The van der Waals surface area contributed by atoms with E-state index in [1.54, 1.807) is 0 Å². The molecule has 212 valence electrons. The average Bonchev–Trinajstić information content (AvgIpc) is 3.62. The Balaban J connectivity index is 1.23. The van der Waals surface area contributed by atoms with E-state index in [0.717, 1.165) is 28.4 Å². The van der Waals surface area contributed by atoms with Gasteiger partial charge in [0.1, 0.15) is 0 Å². The van der Waals surface area contributed by atoms with Gasteiger partial charge in [-0.1, -0.05) is 97.1 Å². The van der Waals surface area contributed by atoms with Gasteiger partial charge in [-0.05, 0) is 78.9 Å². The molecule has 0 N–H and O–H groups in total. The second kappa shape index (κ2) is 10.3. The van der Waals surface area contributed by atoms with Crippen molar-refractivity contribution in [3.8, 4) is 11.4 Å². The molecule has 3 nitrogen and oxygen atoms in total. The summed E-state index contributed by atoms with van der Waals surface area (Å²) >= 11 is 0. The van der Waals surface area contributed by atoms with Gasteiger partial charge >= 0.3 is 0 Å². The second-order valence-electron chi connectivity index (χ2n) is 11.4. The molecule has 3 heteroatoms. The van der Waals surface area contributed by atoms with Gasteiger partial charge in [0, 0.05) is 50.0 Å². The normalized spacial score (nSPS) is 11.6. The van der Waals surface area contributed by atoms with Gasteiger partial charge in [0.05, 0.1) is 22.1 Å². The summed E-state index contributed by atoms with van der Waals surface area (Å²) in [7, 11) is 0. The van der Waals surface area contributed by atoms with Crippen molar-refractivity contribution in [1.82, 2.24) is 9.13 Å². The Morgan fingerprint density at radius 3 is 1.27 bits per heavy atom. The van der Waals surface area contributed by atoms with Crippen molar-refractivity contribution < 1.29 is 0 Å². The molecule has 0 saturated heterocycles. The van der Waals surface area contributed by atoms with Crippen molar-refractivity contribution in [2.75, 3.05) is 4.90 Å². The van der Waals surface area contributed by atoms with Gasteiger partial charge in [0.2, 0.25) is 0 Å². The fourth-order valence-electron chi connectivity index (χ4n) is 6.93. The monoisotopic (exact) mass is 575 g/mol. The lowest BCUT2D eigenvalue weighted by atomic mass is 10.1. The minimum atomic E-state index is 1.10. The van der Waals surface area contributed by atoms with Crippen LogP contribution < -0.4 is 4.90 Å². The maximum absolute atomic E-state index is 2.38. The number of nitrogens with zero attached hydrogens (tertiary/aromatic N) is 3. The first kappa shape index (κ1) is 25.4. The summed E-state index contributed by atoms with van der Waals surface area (Å²) in [6.45, 7) is 0. The number of hydrogen-bond acceptors (Lipinski definition) is 1. The van der Waals surface area contributed by atoms with Crippen molar-refractivity contribution in [1.29, 1.82) is 0 Å². The van der Waals surface area contributed by atoms with E-state index in [1.165, 1.54) is 43.6 Å². The van der Waals surface area contributed by atoms with E-state index in [9.17, 15) is 0 Å².